The van der Waals surface area contributed by atoms with Crippen molar-refractivity contribution in [3.8, 4) is 11.5 Å². The Morgan fingerprint density at radius 1 is 1.09 bits per heavy atom. The number of anilines is 3. The van der Waals surface area contributed by atoms with Crippen molar-refractivity contribution in [3.05, 3.63) is 66.4 Å². The lowest BCUT2D eigenvalue weighted by Crippen LogP contribution is -2.25. The highest BCUT2D eigenvalue weighted by atomic mass is 19.4. The summed E-state index contributed by atoms with van der Waals surface area (Å²) < 4.78 is 44.8. The van der Waals surface area contributed by atoms with Gasteiger partial charge in [0.05, 0.1) is 22.5 Å². The minimum Gasteiger partial charge on any atom is -0.457 e. The first-order chi connectivity index (χ1) is 16.8. The van der Waals surface area contributed by atoms with E-state index in [9.17, 15) is 18.0 Å². The van der Waals surface area contributed by atoms with E-state index in [1.807, 2.05) is 0 Å². The molecule has 2 aromatic carbocycles. The standard InChI is InChI=1S/C24H21F3N6O2/c25-24(26,27)15-2-1-3-16(10-15)30-23-31-19-5-4-17(11-20(19)32-23)35-18-7-9-29-21(12-18)33-22(34)14-6-8-28-13-14/h1-5,7,9-12,14,28H,6,8,13H2,(H,29,33,34)(H2,30,31,32). The number of alkyl halides is 3. The average Bonchev–Trinajstić information content (AvgIpc) is 3.49. The van der Waals surface area contributed by atoms with Crippen molar-refractivity contribution >= 4 is 34.4 Å². The third kappa shape index (κ3) is 5.35. The van der Waals surface area contributed by atoms with Gasteiger partial charge in [-0.3, -0.25) is 4.79 Å². The molecule has 0 saturated carbocycles. The summed E-state index contributed by atoms with van der Waals surface area (Å²) in [5.74, 6) is 1.53. The van der Waals surface area contributed by atoms with Crippen LogP contribution in [0.1, 0.15) is 12.0 Å². The molecule has 1 unspecified atom stereocenters. The predicted molar refractivity (Wildman–Crippen MR) is 125 cm³/mol. The van der Waals surface area contributed by atoms with Gasteiger partial charge in [0.2, 0.25) is 11.9 Å². The number of halogens is 3. The zero-order valence-corrected chi connectivity index (χ0v) is 18.3. The van der Waals surface area contributed by atoms with Crippen LogP contribution >= 0.6 is 0 Å². The van der Waals surface area contributed by atoms with E-state index >= 15 is 0 Å². The van der Waals surface area contributed by atoms with Gasteiger partial charge in [-0.15, -0.1) is 0 Å². The number of nitrogens with zero attached hydrogens (tertiary/aromatic N) is 2. The van der Waals surface area contributed by atoms with Gasteiger partial charge in [0.1, 0.15) is 17.3 Å². The lowest BCUT2D eigenvalue weighted by molar-refractivity contribution is -0.137. The summed E-state index contributed by atoms with van der Waals surface area (Å²) in [4.78, 5) is 23.9. The number of nitrogens with one attached hydrogen (secondary N) is 4. The Morgan fingerprint density at radius 3 is 2.74 bits per heavy atom. The van der Waals surface area contributed by atoms with Gasteiger partial charge in [-0.25, -0.2) is 9.97 Å². The predicted octanol–water partition coefficient (Wildman–Crippen LogP) is 5.06. The molecule has 11 heteroatoms. The molecule has 4 N–H and O–H groups in total. The van der Waals surface area contributed by atoms with E-state index in [1.54, 1.807) is 36.5 Å². The fraction of sp³-hybridized carbons (Fsp3) is 0.208. The van der Waals surface area contributed by atoms with E-state index in [0.29, 0.717) is 40.8 Å². The zero-order valence-electron chi connectivity index (χ0n) is 18.3. The van der Waals surface area contributed by atoms with Crippen LogP contribution in [0.25, 0.3) is 11.0 Å². The van der Waals surface area contributed by atoms with E-state index in [4.69, 9.17) is 4.74 Å². The maximum absolute atomic E-state index is 13.0. The summed E-state index contributed by atoms with van der Waals surface area (Å²) in [5.41, 5.74) is 0.755. The molecule has 5 rings (SSSR count). The van der Waals surface area contributed by atoms with Crippen molar-refractivity contribution in [1.29, 1.82) is 0 Å². The van der Waals surface area contributed by atoms with Gasteiger partial charge in [0, 0.05) is 30.6 Å². The second-order valence-corrected chi connectivity index (χ2v) is 8.13. The van der Waals surface area contributed by atoms with Crippen LogP contribution in [0.4, 0.5) is 30.6 Å². The summed E-state index contributed by atoms with van der Waals surface area (Å²) >= 11 is 0. The molecule has 0 spiro atoms. The molecule has 0 aliphatic carbocycles. The first-order valence-electron chi connectivity index (χ1n) is 10.9. The minimum absolute atomic E-state index is 0.0806. The Kier molecular flexibility index (Phi) is 6.00. The molecule has 1 atom stereocenters. The van der Waals surface area contributed by atoms with Crippen LogP contribution in [0.3, 0.4) is 0 Å². The summed E-state index contributed by atoms with van der Waals surface area (Å²) in [6.07, 6.45) is -2.10. The van der Waals surface area contributed by atoms with Crippen LogP contribution in [0.2, 0.25) is 0 Å². The second kappa shape index (κ2) is 9.26. The highest BCUT2D eigenvalue weighted by Gasteiger charge is 2.30. The van der Waals surface area contributed by atoms with Crippen LogP contribution in [-0.4, -0.2) is 33.9 Å². The van der Waals surface area contributed by atoms with Gasteiger partial charge in [-0.05, 0) is 49.4 Å². The normalized spacial score (nSPS) is 15.8. The molecule has 1 amide bonds. The number of benzene rings is 2. The quantitative estimate of drug-likeness (QED) is 0.306. The lowest BCUT2D eigenvalue weighted by atomic mass is 10.1. The van der Waals surface area contributed by atoms with Gasteiger partial charge in [0.25, 0.3) is 0 Å². The molecule has 1 fully saturated rings. The van der Waals surface area contributed by atoms with Crippen molar-refractivity contribution in [2.24, 2.45) is 5.92 Å². The number of carbonyl (C=O) groups is 1. The minimum atomic E-state index is -4.43. The first-order valence-corrected chi connectivity index (χ1v) is 10.9. The van der Waals surface area contributed by atoms with Gasteiger partial charge >= 0.3 is 6.18 Å². The number of imidazole rings is 1. The number of hydrogen-bond acceptors (Lipinski definition) is 6. The van der Waals surface area contributed by atoms with Crippen LogP contribution in [0, 0.1) is 5.92 Å². The fourth-order valence-electron chi connectivity index (χ4n) is 3.81. The Labute approximate surface area is 197 Å². The first kappa shape index (κ1) is 22.7. The molecular weight excluding hydrogens is 461 g/mol. The Morgan fingerprint density at radius 2 is 1.94 bits per heavy atom. The Balaban J connectivity index is 1.29. The van der Waals surface area contributed by atoms with Gasteiger partial charge in [-0.1, -0.05) is 6.07 Å². The van der Waals surface area contributed by atoms with Crippen LogP contribution in [0.5, 0.6) is 11.5 Å². The average molecular weight is 482 g/mol. The van der Waals surface area contributed by atoms with E-state index in [1.165, 1.54) is 12.1 Å². The monoisotopic (exact) mass is 482 g/mol. The molecule has 3 heterocycles. The number of fused-ring (bicyclic) bond motifs is 1. The SMILES string of the molecule is O=C(Nc1cc(Oc2ccc3nc(Nc4cccc(C(F)(F)F)c4)[nH]c3c2)ccn1)C1CCNC1. The molecule has 0 radical (unpaired) electrons. The lowest BCUT2D eigenvalue weighted by Gasteiger charge is -2.11. The zero-order chi connectivity index (χ0) is 24.4. The molecule has 1 aliphatic rings. The molecular formula is C24H21F3N6O2. The smallest absolute Gasteiger partial charge is 0.416 e. The Bertz CT molecular complexity index is 1360. The van der Waals surface area contributed by atoms with E-state index in [0.717, 1.165) is 25.1 Å². The van der Waals surface area contributed by atoms with Crippen molar-refractivity contribution in [3.63, 3.8) is 0 Å². The van der Waals surface area contributed by atoms with Gasteiger partial charge in [-0.2, -0.15) is 13.2 Å². The number of hydrogen-bond donors (Lipinski definition) is 4. The molecule has 0 bridgehead atoms. The summed E-state index contributed by atoms with van der Waals surface area (Å²) in [5, 5.41) is 8.84. The second-order valence-electron chi connectivity index (χ2n) is 8.13. The maximum atomic E-state index is 13.0. The summed E-state index contributed by atoms with van der Waals surface area (Å²) in [6.45, 7) is 1.47. The number of carbonyl (C=O) groups excluding carboxylic acids is 1. The molecule has 2 aromatic heterocycles. The van der Waals surface area contributed by atoms with E-state index in [-0.39, 0.29) is 17.5 Å². The summed E-state index contributed by atoms with van der Waals surface area (Å²) in [6, 6.07) is 13.4. The van der Waals surface area contributed by atoms with Gasteiger partial charge in [0.15, 0.2) is 0 Å². The van der Waals surface area contributed by atoms with Crippen molar-refractivity contribution in [2.45, 2.75) is 12.6 Å². The number of rotatable bonds is 6. The topological polar surface area (TPSA) is 104 Å². The molecule has 4 aromatic rings. The number of pyridine rings is 1. The molecule has 8 nitrogen and oxygen atoms in total. The van der Waals surface area contributed by atoms with Crippen LogP contribution < -0.4 is 20.7 Å². The highest BCUT2D eigenvalue weighted by molar-refractivity contribution is 5.92. The van der Waals surface area contributed by atoms with Gasteiger partial charge < -0.3 is 25.7 Å². The van der Waals surface area contributed by atoms with Crippen LogP contribution in [-0.2, 0) is 11.0 Å². The third-order valence-corrected chi connectivity index (χ3v) is 5.56. The van der Waals surface area contributed by atoms with Crippen molar-refractivity contribution in [1.82, 2.24) is 20.3 Å². The molecule has 35 heavy (non-hydrogen) atoms. The third-order valence-electron chi connectivity index (χ3n) is 5.56. The molecule has 1 aliphatic heterocycles. The number of H-pyrrole nitrogens is 1. The maximum Gasteiger partial charge on any atom is 0.416 e. The number of amides is 1. The highest BCUT2D eigenvalue weighted by Crippen LogP contribution is 2.32. The number of aromatic amines is 1. The van der Waals surface area contributed by atoms with Crippen LogP contribution in [0.15, 0.2) is 60.8 Å². The van der Waals surface area contributed by atoms with Crippen molar-refractivity contribution in [2.75, 3.05) is 23.7 Å². The largest absolute Gasteiger partial charge is 0.457 e. The molecule has 1 saturated heterocycles. The Hall–Kier alpha value is -4.12. The number of aromatic nitrogens is 3. The summed E-state index contributed by atoms with van der Waals surface area (Å²) in [7, 11) is 0. The number of ether oxygens (including phenoxy) is 1. The fourth-order valence-corrected chi connectivity index (χ4v) is 3.81. The van der Waals surface area contributed by atoms with Crippen molar-refractivity contribution < 1.29 is 22.7 Å². The van der Waals surface area contributed by atoms with E-state index < -0.39 is 11.7 Å². The van der Waals surface area contributed by atoms with E-state index in [2.05, 4.69) is 30.9 Å². The molecule has 180 valence electrons.